The number of fused-ring (bicyclic) bond motifs is 1. The summed E-state index contributed by atoms with van der Waals surface area (Å²) in [6, 6.07) is 2.89. The zero-order valence-corrected chi connectivity index (χ0v) is 17.7. The van der Waals surface area contributed by atoms with Crippen molar-refractivity contribution in [2.75, 3.05) is 25.6 Å². The highest BCUT2D eigenvalue weighted by Gasteiger charge is 2.39. The molecule has 1 aliphatic rings. The summed E-state index contributed by atoms with van der Waals surface area (Å²) in [5.41, 5.74) is 5.16. The molecule has 2 aromatic rings. The van der Waals surface area contributed by atoms with Crippen LogP contribution in [0.3, 0.4) is 0 Å². The second-order valence-corrected chi connectivity index (χ2v) is 8.50. The van der Waals surface area contributed by atoms with Gasteiger partial charge >= 0.3 is 7.82 Å². The molecule has 2 aromatic heterocycles. The van der Waals surface area contributed by atoms with Crippen molar-refractivity contribution in [3.63, 3.8) is 0 Å². The van der Waals surface area contributed by atoms with Gasteiger partial charge in [-0.15, -0.1) is 0 Å². The van der Waals surface area contributed by atoms with Crippen LogP contribution < -0.4 is 11.3 Å². The fourth-order valence-corrected chi connectivity index (χ4v) is 4.07. The Balaban J connectivity index is 1.69. The van der Waals surface area contributed by atoms with E-state index in [9.17, 15) is 24.7 Å². The Morgan fingerprint density at radius 1 is 1.30 bits per heavy atom. The van der Waals surface area contributed by atoms with Crippen LogP contribution in [0.5, 0.6) is 0 Å². The fraction of sp³-hybridized carbons (Fsp3) is 0.562. The molecule has 0 saturated carbocycles. The van der Waals surface area contributed by atoms with Gasteiger partial charge in [0.1, 0.15) is 12.3 Å². The molecule has 0 spiro atoms. The van der Waals surface area contributed by atoms with Gasteiger partial charge in [-0.05, 0) is 0 Å². The van der Waals surface area contributed by atoms with E-state index >= 15 is 0 Å². The van der Waals surface area contributed by atoms with Gasteiger partial charge in [-0.2, -0.15) is 15.5 Å². The van der Waals surface area contributed by atoms with Gasteiger partial charge in [0.2, 0.25) is 5.95 Å². The number of nitrogens with zero attached hydrogens (tertiary/aromatic N) is 5. The molecule has 3 heterocycles. The van der Waals surface area contributed by atoms with E-state index in [1.54, 1.807) is 0 Å². The van der Waals surface area contributed by atoms with E-state index < -0.39 is 63.8 Å². The molecular weight excluding hydrogens is 465 g/mol. The number of anilines is 1. The van der Waals surface area contributed by atoms with Crippen LogP contribution in [0.2, 0.25) is 0 Å². The summed E-state index contributed by atoms with van der Waals surface area (Å²) in [5.74, 6) is -0.137. The number of H-pyrrole nitrogens is 1. The van der Waals surface area contributed by atoms with Crippen molar-refractivity contribution < 1.29 is 38.2 Å². The monoisotopic (exact) mass is 485 g/mol. The number of ether oxygens (including phenoxy) is 1. The van der Waals surface area contributed by atoms with Crippen molar-refractivity contribution in [1.82, 2.24) is 19.5 Å². The molecular formula is C16H20N7O9P. The van der Waals surface area contributed by atoms with Crippen LogP contribution >= 0.6 is 7.82 Å². The van der Waals surface area contributed by atoms with Crippen molar-refractivity contribution in [3.8, 4) is 12.1 Å². The second-order valence-electron chi connectivity index (χ2n) is 6.83. The number of phosphoric acid groups is 1. The molecule has 0 amide bonds. The average Bonchev–Trinajstić information content (AvgIpc) is 3.37. The van der Waals surface area contributed by atoms with Crippen molar-refractivity contribution in [3.05, 3.63) is 16.7 Å². The van der Waals surface area contributed by atoms with Crippen LogP contribution in [0.4, 0.5) is 5.95 Å². The molecule has 17 heteroatoms. The number of imidazole rings is 1. The lowest BCUT2D eigenvalue weighted by atomic mass is 10.2. The SMILES string of the molecule is N#CC(O)COP(=O)(OCC(O)C#N)OC[C@H]1O[C@@H](n2cnc3c(=O)[nH]c(N)nc32)C[C@@H]1O. The van der Waals surface area contributed by atoms with Gasteiger partial charge in [0.05, 0.1) is 44.4 Å². The largest absolute Gasteiger partial charge is 0.475 e. The predicted molar refractivity (Wildman–Crippen MR) is 106 cm³/mol. The third kappa shape index (κ3) is 5.91. The lowest BCUT2D eigenvalue weighted by molar-refractivity contribution is -0.0475. The lowest BCUT2D eigenvalue weighted by Crippen LogP contribution is -2.27. The molecule has 0 bridgehead atoms. The molecule has 0 radical (unpaired) electrons. The Kier molecular flexibility index (Phi) is 7.75. The highest BCUT2D eigenvalue weighted by atomic mass is 31.2. The number of aliphatic hydroxyl groups excluding tert-OH is 3. The molecule has 16 nitrogen and oxygen atoms in total. The Bertz CT molecular complexity index is 1140. The van der Waals surface area contributed by atoms with Crippen LogP contribution in [-0.2, 0) is 22.9 Å². The minimum absolute atomic E-state index is 0.0143. The van der Waals surface area contributed by atoms with Crippen LogP contribution in [0.25, 0.3) is 11.2 Å². The highest BCUT2D eigenvalue weighted by Crippen LogP contribution is 2.50. The standard InChI is InChI=1S/C16H20N7O9P/c17-2-8(24)4-29-33(28,30-5-9(25)3-18)31-6-11-10(26)1-12(32-11)23-7-20-13-14(23)21-16(19)22-15(13)27/h7-12,24-26H,1,4-6H2,(H3,19,21,22,27)/t8?,9?,10-,11+,12+,33?/m0/s1. The molecule has 3 rings (SSSR count). The number of nitriles is 2. The van der Waals surface area contributed by atoms with Crippen LogP contribution in [0.1, 0.15) is 12.6 Å². The Morgan fingerprint density at radius 2 is 1.94 bits per heavy atom. The number of aromatic nitrogens is 4. The maximum atomic E-state index is 12.8. The number of rotatable bonds is 10. The van der Waals surface area contributed by atoms with Gasteiger partial charge in [0.25, 0.3) is 5.56 Å². The molecule has 1 saturated heterocycles. The summed E-state index contributed by atoms with van der Waals surface area (Å²) in [6.07, 6.45) is -4.95. The summed E-state index contributed by atoms with van der Waals surface area (Å²) in [5, 5.41) is 46.2. The first kappa shape index (κ1) is 24.7. The molecule has 1 aliphatic heterocycles. The van der Waals surface area contributed by atoms with Gasteiger partial charge in [-0.1, -0.05) is 0 Å². The van der Waals surface area contributed by atoms with E-state index in [-0.39, 0.29) is 23.5 Å². The number of phosphoric ester groups is 1. The topological polar surface area (TPSA) is 252 Å². The van der Waals surface area contributed by atoms with E-state index in [4.69, 9.17) is 34.6 Å². The third-order valence-corrected chi connectivity index (χ3v) is 5.84. The van der Waals surface area contributed by atoms with Crippen molar-refractivity contribution >= 4 is 24.9 Å². The normalized spacial score (nSPS) is 24.1. The maximum absolute atomic E-state index is 12.8. The number of aliphatic hydroxyl groups is 3. The maximum Gasteiger partial charge on any atom is 0.475 e. The average molecular weight is 485 g/mol. The zero-order chi connectivity index (χ0) is 24.2. The van der Waals surface area contributed by atoms with Crippen molar-refractivity contribution in [2.24, 2.45) is 0 Å². The Labute approximate surface area is 185 Å². The molecule has 1 fully saturated rings. The highest BCUT2D eigenvalue weighted by molar-refractivity contribution is 7.48. The van der Waals surface area contributed by atoms with E-state index in [0.29, 0.717) is 0 Å². The molecule has 2 unspecified atom stereocenters. The number of nitrogens with two attached hydrogens (primary N) is 1. The molecule has 0 aliphatic carbocycles. The number of nitrogen functional groups attached to an aromatic ring is 1. The van der Waals surface area contributed by atoms with Gasteiger partial charge in [0.15, 0.2) is 23.4 Å². The molecule has 5 atom stereocenters. The molecule has 0 aromatic carbocycles. The number of nitrogens with one attached hydrogen (secondary N) is 1. The third-order valence-electron chi connectivity index (χ3n) is 4.44. The van der Waals surface area contributed by atoms with Gasteiger partial charge in [-0.25, -0.2) is 9.55 Å². The lowest BCUT2D eigenvalue weighted by Gasteiger charge is -2.21. The zero-order valence-electron chi connectivity index (χ0n) is 16.8. The van der Waals surface area contributed by atoms with Crippen molar-refractivity contribution in [1.29, 1.82) is 10.5 Å². The van der Waals surface area contributed by atoms with E-state index in [2.05, 4.69) is 15.0 Å². The summed E-state index contributed by atoms with van der Waals surface area (Å²) < 4.78 is 34.7. The first-order valence-corrected chi connectivity index (χ1v) is 10.9. The number of hydrogen-bond donors (Lipinski definition) is 5. The van der Waals surface area contributed by atoms with Crippen LogP contribution in [0.15, 0.2) is 11.1 Å². The Morgan fingerprint density at radius 3 is 2.55 bits per heavy atom. The molecule has 178 valence electrons. The minimum atomic E-state index is -4.47. The smallest absolute Gasteiger partial charge is 0.390 e. The fourth-order valence-electron chi connectivity index (χ4n) is 2.86. The van der Waals surface area contributed by atoms with Crippen LogP contribution in [-0.4, -0.2) is 79.1 Å². The minimum Gasteiger partial charge on any atom is -0.390 e. The number of hydrogen-bond acceptors (Lipinski definition) is 14. The first-order valence-electron chi connectivity index (χ1n) is 9.40. The number of aromatic amines is 1. The van der Waals surface area contributed by atoms with E-state index in [0.717, 1.165) is 0 Å². The first-order chi connectivity index (χ1) is 15.7. The van der Waals surface area contributed by atoms with Gasteiger partial charge < -0.3 is 25.8 Å². The molecule has 6 N–H and O–H groups in total. The van der Waals surface area contributed by atoms with Crippen LogP contribution in [0, 0.1) is 22.7 Å². The van der Waals surface area contributed by atoms with Crippen molar-refractivity contribution in [2.45, 2.75) is 37.1 Å². The predicted octanol–water partition coefficient (Wildman–Crippen LogP) is -1.72. The summed E-state index contributed by atoms with van der Waals surface area (Å²) in [7, 11) is -4.47. The quantitative estimate of drug-likeness (QED) is 0.185. The van der Waals surface area contributed by atoms with Gasteiger partial charge in [0, 0.05) is 6.42 Å². The van der Waals surface area contributed by atoms with Gasteiger partial charge in [-0.3, -0.25) is 27.9 Å². The summed E-state index contributed by atoms with van der Waals surface area (Å²) in [6.45, 7) is -2.01. The Hall–Kier alpha value is -2.92. The summed E-state index contributed by atoms with van der Waals surface area (Å²) in [4.78, 5) is 22.2. The van der Waals surface area contributed by atoms with E-state index in [1.807, 2.05) is 0 Å². The summed E-state index contributed by atoms with van der Waals surface area (Å²) >= 11 is 0. The molecule has 33 heavy (non-hydrogen) atoms. The van der Waals surface area contributed by atoms with E-state index in [1.165, 1.54) is 23.0 Å². The second kappa shape index (κ2) is 10.3.